The molecule has 0 aliphatic rings. The van der Waals surface area contributed by atoms with Crippen LogP contribution in [0, 0.1) is 5.41 Å². The lowest BCUT2D eigenvalue weighted by atomic mass is 10.2. The lowest BCUT2D eigenvalue weighted by Crippen LogP contribution is -2.36. The number of hydrogen-bond donors (Lipinski definition) is 2. The standard InChI is InChI=1S/C9H21N3/c1-3-5-6-7-8-12(4-2)9(10)11/h3-8H2,1-2H3,(H3,10,11). The summed E-state index contributed by atoms with van der Waals surface area (Å²) < 4.78 is 0. The van der Waals surface area contributed by atoms with E-state index in [4.69, 9.17) is 11.1 Å². The largest absolute Gasteiger partial charge is 0.370 e. The molecule has 3 nitrogen and oxygen atoms in total. The molecule has 0 aromatic carbocycles. The fraction of sp³-hybridized carbons (Fsp3) is 0.889. The van der Waals surface area contributed by atoms with Crippen LogP contribution in [0.4, 0.5) is 0 Å². The van der Waals surface area contributed by atoms with Gasteiger partial charge >= 0.3 is 0 Å². The molecule has 12 heavy (non-hydrogen) atoms. The van der Waals surface area contributed by atoms with Crippen LogP contribution >= 0.6 is 0 Å². The predicted octanol–water partition coefficient (Wildman–Crippen LogP) is 1.78. The summed E-state index contributed by atoms with van der Waals surface area (Å²) in [5.41, 5.74) is 5.37. The lowest BCUT2D eigenvalue weighted by Gasteiger charge is -2.20. The van der Waals surface area contributed by atoms with Crippen LogP contribution in [0.3, 0.4) is 0 Å². The van der Waals surface area contributed by atoms with Gasteiger partial charge in [-0.2, -0.15) is 0 Å². The van der Waals surface area contributed by atoms with Crippen molar-refractivity contribution in [2.24, 2.45) is 5.73 Å². The number of rotatable bonds is 6. The lowest BCUT2D eigenvalue weighted by molar-refractivity contribution is 0.413. The van der Waals surface area contributed by atoms with Crippen molar-refractivity contribution >= 4 is 5.96 Å². The molecule has 0 aromatic rings. The minimum Gasteiger partial charge on any atom is -0.370 e. The van der Waals surface area contributed by atoms with E-state index in [1.54, 1.807) is 0 Å². The molecule has 0 fully saturated rings. The van der Waals surface area contributed by atoms with Crippen LogP contribution in [0.5, 0.6) is 0 Å². The summed E-state index contributed by atoms with van der Waals surface area (Å²) in [7, 11) is 0. The van der Waals surface area contributed by atoms with Crippen LogP contribution in [-0.4, -0.2) is 23.9 Å². The Balaban J connectivity index is 3.38. The molecule has 0 unspecified atom stereocenters. The molecular formula is C9H21N3. The summed E-state index contributed by atoms with van der Waals surface area (Å²) in [6, 6.07) is 0. The number of nitrogens with two attached hydrogens (primary N) is 1. The second kappa shape index (κ2) is 6.95. The Hall–Kier alpha value is -0.730. The highest BCUT2D eigenvalue weighted by Crippen LogP contribution is 2.00. The van der Waals surface area contributed by atoms with Gasteiger partial charge in [-0.05, 0) is 13.3 Å². The average Bonchev–Trinajstić information content (AvgIpc) is 2.04. The molecule has 0 rings (SSSR count). The van der Waals surface area contributed by atoms with Crippen LogP contribution in [0.2, 0.25) is 0 Å². The molecular weight excluding hydrogens is 150 g/mol. The van der Waals surface area contributed by atoms with E-state index in [-0.39, 0.29) is 5.96 Å². The zero-order chi connectivity index (χ0) is 9.40. The quantitative estimate of drug-likeness (QED) is 0.363. The first-order valence-electron chi connectivity index (χ1n) is 4.81. The molecule has 3 N–H and O–H groups in total. The maximum Gasteiger partial charge on any atom is 0.188 e. The van der Waals surface area contributed by atoms with Crippen molar-refractivity contribution < 1.29 is 0 Å². The molecule has 0 saturated carbocycles. The summed E-state index contributed by atoms with van der Waals surface area (Å²) >= 11 is 0. The number of guanidine groups is 1. The highest BCUT2D eigenvalue weighted by molar-refractivity contribution is 5.74. The van der Waals surface area contributed by atoms with E-state index in [1.165, 1.54) is 19.3 Å². The van der Waals surface area contributed by atoms with E-state index in [0.29, 0.717) is 0 Å². The van der Waals surface area contributed by atoms with Gasteiger partial charge in [0.05, 0.1) is 0 Å². The fourth-order valence-corrected chi connectivity index (χ4v) is 1.18. The SMILES string of the molecule is CCCCCCN(CC)C(=N)N. The third-order valence-corrected chi connectivity index (χ3v) is 2.00. The van der Waals surface area contributed by atoms with Gasteiger partial charge in [-0.15, -0.1) is 0 Å². The molecule has 0 atom stereocenters. The minimum absolute atomic E-state index is 0.203. The first kappa shape index (κ1) is 11.3. The van der Waals surface area contributed by atoms with Crippen molar-refractivity contribution in [2.75, 3.05) is 13.1 Å². The molecule has 0 heterocycles. The van der Waals surface area contributed by atoms with E-state index >= 15 is 0 Å². The summed E-state index contributed by atoms with van der Waals surface area (Å²) in [4.78, 5) is 1.90. The molecule has 0 spiro atoms. The van der Waals surface area contributed by atoms with Gasteiger partial charge in [-0.1, -0.05) is 26.2 Å². The summed E-state index contributed by atoms with van der Waals surface area (Å²) in [5.74, 6) is 0.203. The first-order valence-corrected chi connectivity index (χ1v) is 4.81. The second-order valence-corrected chi connectivity index (χ2v) is 3.03. The molecule has 0 bridgehead atoms. The topological polar surface area (TPSA) is 53.1 Å². The number of unbranched alkanes of at least 4 members (excludes halogenated alkanes) is 3. The van der Waals surface area contributed by atoms with Gasteiger partial charge in [0.15, 0.2) is 5.96 Å². The summed E-state index contributed by atoms with van der Waals surface area (Å²) in [6.07, 6.45) is 4.95. The van der Waals surface area contributed by atoms with E-state index < -0.39 is 0 Å². The molecule has 0 aliphatic carbocycles. The molecule has 72 valence electrons. The van der Waals surface area contributed by atoms with Gasteiger partial charge in [0, 0.05) is 13.1 Å². The van der Waals surface area contributed by atoms with Crippen molar-refractivity contribution in [1.82, 2.24) is 4.90 Å². The Bertz CT molecular complexity index is 123. The van der Waals surface area contributed by atoms with Crippen LogP contribution in [0.15, 0.2) is 0 Å². The zero-order valence-corrected chi connectivity index (χ0v) is 8.27. The highest BCUT2D eigenvalue weighted by atomic mass is 15.2. The first-order chi connectivity index (χ1) is 5.72. The van der Waals surface area contributed by atoms with Crippen LogP contribution < -0.4 is 5.73 Å². The third-order valence-electron chi connectivity index (χ3n) is 2.00. The van der Waals surface area contributed by atoms with Crippen molar-refractivity contribution in [2.45, 2.75) is 39.5 Å². The molecule has 3 heteroatoms. The number of hydrogen-bond acceptors (Lipinski definition) is 1. The van der Waals surface area contributed by atoms with Crippen LogP contribution in [0.1, 0.15) is 39.5 Å². The maximum atomic E-state index is 7.24. The van der Waals surface area contributed by atoms with E-state index in [9.17, 15) is 0 Å². The molecule has 0 aromatic heterocycles. The minimum atomic E-state index is 0.203. The Morgan fingerprint density at radius 2 is 1.92 bits per heavy atom. The monoisotopic (exact) mass is 171 g/mol. The molecule has 0 aliphatic heterocycles. The zero-order valence-electron chi connectivity index (χ0n) is 8.27. The third kappa shape index (κ3) is 4.99. The van der Waals surface area contributed by atoms with Crippen LogP contribution in [-0.2, 0) is 0 Å². The summed E-state index contributed by atoms with van der Waals surface area (Å²) in [5, 5.41) is 7.24. The normalized spacial score (nSPS) is 9.83. The average molecular weight is 171 g/mol. The molecule has 0 amide bonds. The van der Waals surface area contributed by atoms with Crippen molar-refractivity contribution in [3.63, 3.8) is 0 Å². The summed E-state index contributed by atoms with van der Waals surface area (Å²) in [6.45, 7) is 6.01. The van der Waals surface area contributed by atoms with Crippen molar-refractivity contribution in [3.8, 4) is 0 Å². The van der Waals surface area contributed by atoms with Crippen molar-refractivity contribution in [1.29, 1.82) is 5.41 Å². The van der Waals surface area contributed by atoms with Gasteiger partial charge < -0.3 is 10.6 Å². The maximum absolute atomic E-state index is 7.24. The van der Waals surface area contributed by atoms with E-state index in [0.717, 1.165) is 19.5 Å². The Kier molecular flexibility index (Phi) is 6.53. The van der Waals surface area contributed by atoms with E-state index in [1.807, 2.05) is 11.8 Å². The number of nitrogens with zero attached hydrogens (tertiary/aromatic N) is 1. The van der Waals surface area contributed by atoms with Gasteiger partial charge in [-0.25, -0.2) is 0 Å². The Labute approximate surface area is 75.4 Å². The fourth-order valence-electron chi connectivity index (χ4n) is 1.18. The van der Waals surface area contributed by atoms with Gasteiger partial charge in [0.1, 0.15) is 0 Å². The molecule has 0 saturated heterocycles. The second-order valence-electron chi connectivity index (χ2n) is 3.03. The Morgan fingerprint density at radius 3 is 2.33 bits per heavy atom. The van der Waals surface area contributed by atoms with Crippen molar-refractivity contribution in [3.05, 3.63) is 0 Å². The van der Waals surface area contributed by atoms with Crippen LogP contribution in [0.25, 0.3) is 0 Å². The van der Waals surface area contributed by atoms with Gasteiger partial charge in [-0.3, -0.25) is 5.41 Å². The Morgan fingerprint density at radius 1 is 1.25 bits per heavy atom. The predicted molar refractivity (Wildman–Crippen MR) is 53.3 cm³/mol. The van der Waals surface area contributed by atoms with Gasteiger partial charge in [0.2, 0.25) is 0 Å². The van der Waals surface area contributed by atoms with Gasteiger partial charge in [0.25, 0.3) is 0 Å². The number of nitrogens with one attached hydrogen (secondary N) is 1. The highest BCUT2D eigenvalue weighted by Gasteiger charge is 2.01. The smallest absolute Gasteiger partial charge is 0.188 e. The van der Waals surface area contributed by atoms with E-state index in [2.05, 4.69) is 6.92 Å². The molecule has 0 radical (unpaired) electrons.